The molecule has 2 N–H and O–H groups in total. The molecule has 0 saturated carbocycles. The topological polar surface area (TPSA) is 67.2 Å². The van der Waals surface area contributed by atoms with E-state index < -0.39 is 0 Å². The van der Waals surface area contributed by atoms with Crippen molar-refractivity contribution < 1.29 is 9.32 Å². The highest BCUT2D eigenvalue weighted by Gasteiger charge is 2.21. The Morgan fingerprint density at radius 2 is 2.71 bits per heavy atom. The van der Waals surface area contributed by atoms with E-state index in [2.05, 4.69) is 20.3 Å². The van der Waals surface area contributed by atoms with E-state index in [1.54, 1.807) is 6.07 Å². The van der Waals surface area contributed by atoms with E-state index in [0.717, 1.165) is 25.1 Å². The molecule has 0 aromatic carbocycles. The van der Waals surface area contributed by atoms with Gasteiger partial charge in [-0.05, 0) is 19.4 Å². The van der Waals surface area contributed by atoms with E-state index in [0.29, 0.717) is 6.54 Å². The number of amides is 1. The predicted molar refractivity (Wildman–Crippen MR) is 49.4 cm³/mol. The minimum atomic E-state index is -0.0260. The van der Waals surface area contributed by atoms with Gasteiger partial charge in [-0.25, -0.2) is 0 Å². The molecule has 14 heavy (non-hydrogen) atoms. The highest BCUT2D eigenvalue weighted by atomic mass is 16.5. The molecular weight excluding hydrogens is 182 g/mol. The average molecular weight is 195 g/mol. The predicted octanol–water partition coefficient (Wildman–Crippen LogP) is 0.0428. The first-order valence-electron chi connectivity index (χ1n) is 4.76. The first-order valence-corrected chi connectivity index (χ1v) is 4.76. The summed E-state index contributed by atoms with van der Waals surface area (Å²) in [6, 6.07) is 1.71. The quantitative estimate of drug-likeness (QED) is 0.714. The smallest absolute Gasteiger partial charge is 0.237 e. The lowest BCUT2D eigenvalue weighted by molar-refractivity contribution is -0.122. The van der Waals surface area contributed by atoms with Crippen molar-refractivity contribution in [2.45, 2.75) is 25.4 Å². The molecule has 1 aliphatic heterocycles. The number of rotatable bonds is 3. The van der Waals surface area contributed by atoms with Gasteiger partial charge in [-0.3, -0.25) is 4.79 Å². The summed E-state index contributed by atoms with van der Waals surface area (Å²) < 4.78 is 4.66. The first kappa shape index (κ1) is 9.21. The van der Waals surface area contributed by atoms with Gasteiger partial charge in [-0.1, -0.05) is 5.16 Å². The zero-order chi connectivity index (χ0) is 9.80. The lowest BCUT2D eigenvalue weighted by Crippen LogP contribution is -2.40. The standard InChI is InChI=1S/C9H13N3O2/c13-9(8-2-1-4-10-8)11-6-7-3-5-14-12-7/h3,5,8,10H,1-2,4,6H2,(H,11,13)/t8-/m1/s1. The Labute approximate surface area is 81.8 Å². The molecule has 1 aliphatic rings. The zero-order valence-electron chi connectivity index (χ0n) is 7.82. The zero-order valence-corrected chi connectivity index (χ0v) is 7.82. The molecule has 5 heteroatoms. The average Bonchev–Trinajstić information content (AvgIpc) is 2.87. The Hall–Kier alpha value is -1.36. The van der Waals surface area contributed by atoms with Gasteiger partial charge in [0.15, 0.2) is 0 Å². The van der Waals surface area contributed by atoms with Gasteiger partial charge in [0.2, 0.25) is 5.91 Å². The van der Waals surface area contributed by atoms with Crippen LogP contribution in [0.2, 0.25) is 0 Å². The molecule has 2 heterocycles. The summed E-state index contributed by atoms with van der Waals surface area (Å²) in [5, 5.41) is 9.64. The molecule has 1 atom stereocenters. The van der Waals surface area contributed by atoms with E-state index in [1.807, 2.05) is 0 Å². The van der Waals surface area contributed by atoms with Crippen molar-refractivity contribution in [2.24, 2.45) is 0 Å². The molecule has 1 amide bonds. The van der Waals surface area contributed by atoms with Crippen molar-refractivity contribution in [3.05, 3.63) is 18.0 Å². The Morgan fingerprint density at radius 3 is 3.36 bits per heavy atom. The summed E-state index contributed by atoms with van der Waals surface area (Å²) in [6.07, 6.45) is 3.49. The minimum absolute atomic E-state index is 0.0260. The third kappa shape index (κ3) is 2.11. The van der Waals surface area contributed by atoms with Gasteiger partial charge in [0.05, 0.1) is 12.6 Å². The van der Waals surface area contributed by atoms with Gasteiger partial charge in [-0.2, -0.15) is 0 Å². The second-order valence-electron chi connectivity index (χ2n) is 3.36. The number of hydrogen-bond donors (Lipinski definition) is 2. The van der Waals surface area contributed by atoms with Crippen LogP contribution in [0, 0.1) is 0 Å². The second kappa shape index (κ2) is 4.23. The number of aromatic nitrogens is 1. The third-order valence-corrected chi connectivity index (χ3v) is 2.31. The monoisotopic (exact) mass is 195 g/mol. The van der Waals surface area contributed by atoms with Gasteiger partial charge in [0, 0.05) is 6.07 Å². The lowest BCUT2D eigenvalue weighted by atomic mass is 10.2. The molecule has 2 rings (SSSR count). The number of nitrogens with zero attached hydrogens (tertiary/aromatic N) is 1. The van der Waals surface area contributed by atoms with Crippen LogP contribution in [0.25, 0.3) is 0 Å². The summed E-state index contributed by atoms with van der Waals surface area (Å²) in [5.41, 5.74) is 0.747. The molecule has 1 fully saturated rings. The van der Waals surface area contributed by atoms with E-state index in [4.69, 9.17) is 0 Å². The van der Waals surface area contributed by atoms with Gasteiger partial charge < -0.3 is 15.2 Å². The van der Waals surface area contributed by atoms with Crippen molar-refractivity contribution >= 4 is 5.91 Å². The fraction of sp³-hybridized carbons (Fsp3) is 0.556. The van der Waals surface area contributed by atoms with E-state index in [-0.39, 0.29) is 11.9 Å². The Bertz CT molecular complexity index is 291. The highest BCUT2D eigenvalue weighted by Crippen LogP contribution is 2.04. The molecule has 1 aromatic rings. The lowest BCUT2D eigenvalue weighted by Gasteiger charge is -2.09. The Balaban J connectivity index is 1.77. The summed E-state index contributed by atoms with van der Waals surface area (Å²) in [4.78, 5) is 11.5. The molecule has 1 aromatic heterocycles. The van der Waals surface area contributed by atoms with Gasteiger partial charge in [0.1, 0.15) is 12.0 Å². The van der Waals surface area contributed by atoms with Gasteiger partial charge in [-0.15, -0.1) is 0 Å². The molecule has 5 nitrogen and oxygen atoms in total. The maximum Gasteiger partial charge on any atom is 0.237 e. The van der Waals surface area contributed by atoms with Crippen molar-refractivity contribution in [2.75, 3.05) is 6.54 Å². The summed E-state index contributed by atoms with van der Waals surface area (Å²) in [7, 11) is 0. The summed E-state index contributed by atoms with van der Waals surface area (Å²) >= 11 is 0. The van der Waals surface area contributed by atoms with Crippen molar-refractivity contribution in [1.82, 2.24) is 15.8 Å². The molecule has 0 bridgehead atoms. The van der Waals surface area contributed by atoms with Crippen LogP contribution in [0.5, 0.6) is 0 Å². The van der Waals surface area contributed by atoms with Crippen molar-refractivity contribution in [1.29, 1.82) is 0 Å². The highest BCUT2D eigenvalue weighted by molar-refractivity contribution is 5.81. The van der Waals surface area contributed by atoms with Crippen LogP contribution in [0.1, 0.15) is 18.5 Å². The molecule has 0 radical (unpaired) electrons. The van der Waals surface area contributed by atoms with Gasteiger partial charge >= 0.3 is 0 Å². The summed E-state index contributed by atoms with van der Waals surface area (Å²) in [5.74, 6) is 0.0468. The molecule has 0 spiro atoms. The Kier molecular flexibility index (Phi) is 2.78. The molecule has 0 aliphatic carbocycles. The van der Waals surface area contributed by atoms with Crippen LogP contribution < -0.4 is 10.6 Å². The van der Waals surface area contributed by atoms with E-state index in [1.165, 1.54) is 6.26 Å². The number of carbonyl (C=O) groups excluding carboxylic acids is 1. The largest absolute Gasteiger partial charge is 0.364 e. The third-order valence-electron chi connectivity index (χ3n) is 2.31. The van der Waals surface area contributed by atoms with Crippen LogP contribution >= 0.6 is 0 Å². The van der Waals surface area contributed by atoms with Crippen LogP contribution in [-0.2, 0) is 11.3 Å². The van der Waals surface area contributed by atoms with E-state index >= 15 is 0 Å². The van der Waals surface area contributed by atoms with Crippen molar-refractivity contribution in [3.8, 4) is 0 Å². The number of carbonyl (C=O) groups is 1. The minimum Gasteiger partial charge on any atom is -0.364 e. The van der Waals surface area contributed by atoms with Crippen LogP contribution in [-0.4, -0.2) is 23.7 Å². The molecular formula is C9H13N3O2. The number of hydrogen-bond acceptors (Lipinski definition) is 4. The van der Waals surface area contributed by atoms with Crippen LogP contribution in [0.3, 0.4) is 0 Å². The second-order valence-corrected chi connectivity index (χ2v) is 3.36. The van der Waals surface area contributed by atoms with Crippen molar-refractivity contribution in [3.63, 3.8) is 0 Å². The molecule has 76 valence electrons. The van der Waals surface area contributed by atoms with Gasteiger partial charge in [0.25, 0.3) is 0 Å². The fourth-order valence-electron chi connectivity index (χ4n) is 1.54. The summed E-state index contributed by atoms with van der Waals surface area (Å²) in [6.45, 7) is 1.37. The molecule has 0 unspecified atom stereocenters. The normalized spacial score (nSPS) is 21.0. The Morgan fingerprint density at radius 1 is 1.79 bits per heavy atom. The van der Waals surface area contributed by atoms with Crippen LogP contribution in [0.4, 0.5) is 0 Å². The fourth-order valence-corrected chi connectivity index (χ4v) is 1.54. The maximum atomic E-state index is 11.5. The first-order chi connectivity index (χ1) is 6.86. The van der Waals surface area contributed by atoms with Crippen LogP contribution in [0.15, 0.2) is 16.9 Å². The number of nitrogens with one attached hydrogen (secondary N) is 2. The SMILES string of the molecule is O=C(NCc1ccon1)[C@H]1CCCN1. The molecule has 1 saturated heterocycles. The van der Waals surface area contributed by atoms with E-state index in [9.17, 15) is 4.79 Å². The maximum absolute atomic E-state index is 11.5.